The van der Waals surface area contributed by atoms with Gasteiger partial charge in [-0.25, -0.2) is 4.99 Å². The van der Waals surface area contributed by atoms with Crippen molar-refractivity contribution in [3.8, 4) is 5.75 Å². The lowest BCUT2D eigenvalue weighted by atomic mass is 10.2. The summed E-state index contributed by atoms with van der Waals surface area (Å²) in [5.41, 5.74) is 1.10. The van der Waals surface area contributed by atoms with Gasteiger partial charge in [0.25, 0.3) is 0 Å². The summed E-state index contributed by atoms with van der Waals surface area (Å²) in [5, 5.41) is 6.78. The number of ether oxygens (including phenoxy) is 1. The molecule has 0 aliphatic carbocycles. The summed E-state index contributed by atoms with van der Waals surface area (Å²) in [6, 6.07) is 8.05. The Morgan fingerprint density at radius 2 is 1.88 bits per heavy atom. The van der Waals surface area contributed by atoms with E-state index < -0.39 is 0 Å². The smallest absolute Gasteiger partial charge is 0.191 e. The highest BCUT2D eigenvalue weighted by atomic mass is 16.5. The van der Waals surface area contributed by atoms with Crippen molar-refractivity contribution in [3.63, 3.8) is 0 Å². The number of guanidine groups is 1. The maximum absolute atomic E-state index is 5.40. The first-order chi connectivity index (χ1) is 12.3. The summed E-state index contributed by atoms with van der Waals surface area (Å²) in [6.45, 7) is 8.24. The van der Waals surface area contributed by atoms with Crippen LogP contribution in [-0.4, -0.2) is 50.7 Å². The van der Waals surface area contributed by atoms with Gasteiger partial charge in [0.2, 0.25) is 0 Å². The van der Waals surface area contributed by atoms with Gasteiger partial charge in [0.05, 0.1) is 13.7 Å². The fourth-order valence-electron chi connectivity index (χ4n) is 3.21. The normalized spacial score (nSPS) is 16.3. The van der Waals surface area contributed by atoms with Crippen LogP contribution in [-0.2, 0) is 6.54 Å². The molecule has 2 N–H and O–H groups in total. The standard InChI is InChI=1S/C20H34N4O/c1-3-21-20(23-17-18-11-6-7-12-19(18)25-2)22-13-10-16-24-14-8-4-5-9-15-24/h6-7,11-12H,3-5,8-10,13-17H2,1-2H3,(H2,21,22,23). The Labute approximate surface area is 152 Å². The minimum absolute atomic E-state index is 0.617. The van der Waals surface area contributed by atoms with Crippen molar-refractivity contribution in [2.75, 3.05) is 39.8 Å². The van der Waals surface area contributed by atoms with Crippen molar-refractivity contribution in [2.24, 2.45) is 4.99 Å². The van der Waals surface area contributed by atoms with Gasteiger partial charge >= 0.3 is 0 Å². The second kappa shape index (κ2) is 11.7. The molecule has 5 heteroatoms. The third-order valence-corrected chi connectivity index (χ3v) is 4.59. The highest BCUT2D eigenvalue weighted by Crippen LogP contribution is 2.17. The second-order valence-corrected chi connectivity index (χ2v) is 6.54. The molecule has 0 saturated carbocycles. The maximum atomic E-state index is 5.40. The summed E-state index contributed by atoms with van der Waals surface area (Å²) in [4.78, 5) is 7.30. The van der Waals surface area contributed by atoms with Crippen LogP contribution in [0.4, 0.5) is 0 Å². The summed E-state index contributed by atoms with van der Waals surface area (Å²) < 4.78 is 5.40. The second-order valence-electron chi connectivity index (χ2n) is 6.54. The van der Waals surface area contributed by atoms with E-state index in [4.69, 9.17) is 9.73 Å². The third kappa shape index (κ3) is 7.34. The Hall–Kier alpha value is -1.75. The van der Waals surface area contributed by atoms with E-state index >= 15 is 0 Å². The SMILES string of the molecule is CCNC(=NCc1ccccc1OC)NCCCN1CCCCCC1. The Morgan fingerprint density at radius 3 is 2.60 bits per heavy atom. The monoisotopic (exact) mass is 346 g/mol. The molecule has 5 nitrogen and oxygen atoms in total. The molecule has 0 atom stereocenters. The zero-order chi connectivity index (χ0) is 17.7. The molecule has 1 heterocycles. The van der Waals surface area contributed by atoms with Gasteiger partial charge in [-0.3, -0.25) is 0 Å². The lowest BCUT2D eigenvalue weighted by molar-refractivity contribution is 0.282. The average molecular weight is 347 g/mol. The highest BCUT2D eigenvalue weighted by molar-refractivity contribution is 5.79. The molecule has 0 amide bonds. The lowest BCUT2D eigenvalue weighted by Gasteiger charge is -2.20. The summed E-state index contributed by atoms with van der Waals surface area (Å²) in [7, 11) is 1.70. The Bertz CT molecular complexity index is 510. The van der Waals surface area contributed by atoms with E-state index in [-0.39, 0.29) is 0 Å². The van der Waals surface area contributed by atoms with Gasteiger partial charge in [0.1, 0.15) is 5.75 Å². The number of para-hydroxylation sites is 1. The Kier molecular flexibility index (Phi) is 9.19. The van der Waals surface area contributed by atoms with Crippen LogP contribution in [0.25, 0.3) is 0 Å². The fourth-order valence-corrected chi connectivity index (χ4v) is 3.21. The third-order valence-electron chi connectivity index (χ3n) is 4.59. The number of benzene rings is 1. The number of methoxy groups -OCH3 is 1. The molecule has 1 aromatic carbocycles. The van der Waals surface area contributed by atoms with E-state index in [0.717, 1.165) is 36.8 Å². The molecule has 1 aliphatic heterocycles. The summed E-state index contributed by atoms with van der Waals surface area (Å²) in [6.07, 6.45) is 6.66. The molecule has 0 unspecified atom stereocenters. The molecule has 1 fully saturated rings. The fraction of sp³-hybridized carbons (Fsp3) is 0.650. The molecule has 2 rings (SSSR count). The van der Waals surface area contributed by atoms with Crippen molar-refractivity contribution in [1.82, 2.24) is 15.5 Å². The van der Waals surface area contributed by atoms with E-state index in [2.05, 4.69) is 28.5 Å². The first kappa shape index (κ1) is 19.6. The predicted molar refractivity (Wildman–Crippen MR) is 105 cm³/mol. The van der Waals surface area contributed by atoms with Crippen molar-refractivity contribution in [2.45, 2.75) is 45.6 Å². The maximum Gasteiger partial charge on any atom is 0.191 e. The minimum Gasteiger partial charge on any atom is -0.496 e. The molecule has 1 aromatic rings. The van der Waals surface area contributed by atoms with Crippen LogP contribution in [0.2, 0.25) is 0 Å². The molecule has 1 aliphatic rings. The average Bonchev–Trinajstić information content (AvgIpc) is 2.92. The van der Waals surface area contributed by atoms with Gasteiger partial charge in [0, 0.05) is 18.7 Å². The molecule has 1 saturated heterocycles. The number of nitrogens with zero attached hydrogens (tertiary/aromatic N) is 2. The molecule has 0 aromatic heterocycles. The molecule has 140 valence electrons. The lowest BCUT2D eigenvalue weighted by Crippen LogP contribution is -2.39. The van der Waals surface area contributed by atoms with Gasteiger partial charge in [-0.2, -0.15) is 0 Å². The molecular formula is C20H34N4O. The molecule has 25 heavy (non-hydrogen) atoms. The number of nitrogens with one attached hydrogen (secondary N) is 2. The summed E-state index contributed by atoms with van der Waals surface area (Å²) >= 11 is 0. The largest absolute Gasteiger partial charge is 0.496 e. The van der Waals surface area contributed by atoms with Crippen LogP contribution in [0.3, 0.4) is 0 Å². The first-order valence-electron chi connectivity index (χ1n) is 9.70. The van der Waals surface area contributed by atoms with E-state index in [1.165, 1.54) is 45.3 Å². The van der Waals surface area contributed by atoms with Crippen LogP contribution >= 0.6 is 0 Å². The quantitative estimate of drug-likeness (QED) is 0.432. The zero-order valence-electron chi connectivity index (χ0n) is 15.9. The summed E-state index contributed by atoms with van der Waals surface area (Å²) in [5.74, 6) is 1.77. The first-order valence-corrected chi connectivity index (χ1v) is 9.70. The zero-order valence-corrected chi connectivity index (χ0v) is 15.9. The molecule has 0 spiro atoms. The van der Waals surface area contributed by atoms with Crippen molar-refractivity contribution >= 4 is 5.96 Å². The molecule has 0 bridgehead atoms. The Balaban J connectivity index is 1.77. The van der Waals surface area contributed by atoms with Gasteiger partial charge < -0.3 is 20.3 Å². The molecular weight excluding hydrogens is 312 g/mol. The van der Waals surface area contributed by atoms with Crippen LogP contribution in [0.15, 0.2) is 29.3 Å². The van der Waals surface area contributed by atoms with Gasteiger partial charge in [-0.1, -0.05) is 31.0 Å². The van der Waals surface area contributed by atoms with Crippen LogP contribution < -0.4 is 15.4 Å². The van der Waals surface area contributed by atoms with Crippen LogP contribution in [0.1, 0.15) is 44.6 Å². The van der Waals surface area contributed by atoms with E-state index in [9.17, 15) is 0 Å². The van der Waals surface area contributed by atoms with E-state index in [1.54, 1.807) is 7.11 Å². The van der Waals surface area contributed by atoms with Crippen molar-refractivity contribution in [1.29, 1.82) is 0 Å². The number of rotatable bonds is 8. The number of aliphatic imine (C=N–C) groups is 1. The van der Waals surface area contributed by atoms with E-state index in [0.29, 0.717) is 6.54 Å². The van der Waals surface area contributed by atoms with Gasteiger partial charge in [0.15, 0.2) is 5.96 Å². The topological polar surface area (TPSA) is 48.9 Å². The van der Waals surface area contributed by atoms with Crippen LogP contribution in [0.5, 0.6) is 5.75 Å². The van der Waals surface area contributed by atoms with Crippen LogP contribution in [0, 0.1) is 0 Å². The van der Waals surface area contributed by atoms with Gasteiger partial charge in [-0.05, 0) is 51.9 Å². The van der Waals surface area contributed by atoms with Crippen molar-refractivity contribution < 1.29 is 4.74 Å². The Morgan fingerprint density at radius 1 is 1.12 bits per heavy atom. The number of likely N-dealkylation sites (tertiary alicyclic amines) is 1. The molecule has 0 radical (unpaired) electrons. The number of hydrogen-bond acceptors (Lipinski definition) is 3. The van der Waals surface area contributed by atoms with Gasteiger partial charge in [-0.15, -0.1) is 0 Å². The predicted octanol–water partition coefficient (Wildman–Crippen LogP) is 3.02. The number of hydrogen-bond donors (Lipinski definition) is 2. The van der Waals surface area contributed by atoms with E-state index in [1.807, 2.05) is 18.2 Å². The highest BCUT2D eigenvalue weighted by Gasteiger charge is 2.08. The van der Waals surface area contributed by atoms with Crippen molar-refractivity contribution in [3.05, 3.63) is 29.8 Å². The minimum atomic E-state index is 0.617.